The van der Waals surface area contributed by atoms with Crippen LogP contribution in [0.15, 0.2) is 47.6 Å². The van der Waals surface area contributed by atoms with Crippen molar-refractivity contribution in [3.05, 3.63) is 74.6 Å². The molecule has 0 aliphatic heterocycles. The number of rotatable bonds is 5. The summed E-state index contributed by atoms with van der Waals surface area (Å²) < 4.78 is 66.9. The summed E-state index contributed by atoms with van der Waals surface area (Å²) in [7, 11) is -4.64. The maximum absolute atomic E-state index is 13.1. The van der Waals surface area contributed by atoms with Gasteiger partial charge in [-0.05, 0) is 30.3 Å². The summed E-state index contributed by atoms with van der Waals surface area (Å²) in [6.45, 7) is 0. The number of sulfonamides is 1. The van der Waals surface area contributed by atoms with Crippen molar-refractivity contribution in [2.75, 3.05) is 4.72 Å². The molecule has 0 aliphatic carbocycles. The van der Waals surface area contributed by atoms with Gasteiger partial charge in [0.25, 0.3) is 10.0 Å². The van der Waals surface area contributed by atoms with Crippen LogP contribution in [0.2, 0.25) is 15.1 Å². The second kappa shape index (κ2) is 8.74. The summed E-state index contributed by atoms with van der Waals surface area (Å²) in [6.07, 6.45) is -2.77. The minimum absolute atomic E-state index is 0.0741. The van der Waals surface area contributed by atoms with Crippen LogP contribution >= 0.6 is 34.8 Å². The van der Waals surface area contributed by atoms with Crippen LogP contribution in [0.3, 0.4) is 0 Å². The van der Waals surface area contributed by atoms with E-state index in [1.807, 2.05) is 4.72 Å². The fraction of sp³-hybridized carbons (Fsp3) is 0.0556. The molecule has 0 saturated carbocycles. The number of aromatic hydroxyl groups is 1. The Kier molecular flexibility index (Phi) is 6.57. The Morgan fingerprint density at radius 1 is 1.06 bits per heavy atom. The van der Waals surface area contributed by atoms with Gasteiger partial charge in [0.15, 0.2) is 0 Å². The second-order valence-electron chi connectivity index (χ2n) is 6.12. The average Bonchev–Trinajstić information content (AvgIpc) is 2.68. The van der Waals surface area contributed by atoms with Gasteiger partial charge in [-0.2, -0.15) is 13.2 Å². The molecular formula is C18H9Cl3F3N3O4S. The largest absolute Gasteiger partial charge is 0.492 e. The number of ketones is 1. The van der Waals surface area contributed by atoms with E-state index >= 15 is 0 Å². The first-order chi connectivity index (χ1) is 14.8. The third kappa shape index (κ3) is 4.90. The van der Waals surface area contributed by atoms with Crippen LogP contribution in [0, 0.1) is 0 Å². The van der Waals surface area contributed by atoms with Crippen molar-refractivity contribution in [1.29, 1.82) is 0 Å². The predicted octanol–water partition coefficient (Wildman–Crippen LogP) is 5.19. The molecule has 1 aromatic carbocycles. The molecule has 0 amide bonds. The Morgan fingerprint density at radius 2 is 1.75 bits per heavy atom. The topological polar surface area (TPSA) is 109 Å². The van der Waals surface area contributed by atoms with E-state index in [0.717, 1.165) is 36.7 Å². The van der Waals surface area contributed by atoms with Gasteiger partial charge < -0.3 is 5.11 Å². The number of carbonyl (C=O) groups is 1. The molecule has 0 fully saturated rings. The smallest absolute Gasteiger partial charge is 0.417 e. The molecule has 32 heavy (non-hydrogen) atoms. The van der Waals surface area contributed by atoms with Gasteiger partial charge in [0, 0.05) is 18.0 Å². The summed E-state index contributed by atoms with van der Waals surface area (Å²) in [4.78, 5) is 19.4. The fourth-order valence-corrected chi connectivity index (χ4v) is 4.19. The third-order valence-corrected chi connectivity index (χ3v) is 6.25. The highest BCUT2D eigenvalue weighted by atomic mass is 35.5. The highest BCUT2D eigenvalue weighted by Gasteiger charge is 2.35. The van der Waals surface area contributed by atoms with Crippen molar-refractivity contribution in [2.45, 2.75) is 11.1 Å². The lowest BCUT2D eigenvalue weighted by Gasteiger charge is -2.14. The maximum Gasteiger partial charge on any atom is 0.417 e. The van der Waals surface area contributed by atoms with Gasteiger partial charge in [0.2, 0.25) is 11.7 Å². The molecule has 0 aliphatic rings. The van der Waals surface area contributed by atoms with E-state index in [9.17, 15) is 31.5 Å². The summed E-state index contributed by atoms with van der Waals surface area (Å²) >= 11 is 17.3. The molecule has 0 atom stereocenters. The Hall–Kier alpha value is -2.60. The SMILES string of the molecule is O=C(c1ccnc(O)c1Cl)c1ncc(Cl)cc1NS(=O)(=O)c1ccc(Cl)c(C(F)(F)F)c1. The normalized spacial score (nSPS) is 11.9. The lowest BCUT2D eigenvalue weighted by Crippen LogP contribution is -2.18. The molecular weight excluding hydrogens is 518 g/mol. The van der Waals surface area contributed by atoms with E-state index in [4.69, 9.17) is 34.8 Å². The van der Waals surface area contributed by atoms with Gasteiger partial charge in [-0.25, -0.2) is 18.4 Å². The van der Waals surface area contributed by atoms with E-state index in [0.29, 0.717) is 6.07 Å². The first-order valence-corrected chi connectivity index (χ1v) is 10.9. The van der Waals surface area contributed by atoms with Gasteiger partial charge in [-0.1, -0.05) is 34.8 Å². The maximum atomic E-state index is 13.1. The number of pyridine rings is 2. The Balaban J connectivity index is 2.07. The molecule has 3 aromatic rings. The Bertz CT molecular complexity index is 1330. The molecule has 168 valence electrons. The van der Waals surface area contributed by atoms with Crippen LogP contribution in [0.1, 0.15) is 21.6 Å². The average molecular weight is 527 g/mol. The van der Waals surface area contributed by atoms with Gasteiger partial charge in [-0.3, -0.25) is 9.52 Å². The molecule has 2 heterocycles. The van der Waals surface area contributed by atoms with E-state index in [2.05, 4.69) is 9.97 Å². The van der Waals surface area contributed by atoms with E-state index in [1.54, 1.807) is 0 Å². The Labute approximate surface area is 193 Å². The minimum atomic E-state index is -4.90. The van der Waals surface area contributed by atoms with Crippen molar-refractivity contribution < 1.29 is 31.5 Å². The third-order valence-electron chi connectivity index (χ3n) is 3.98. The molecule has 0 spiro atoms. The number of hydrogen-bond donors (Lipinski definition) is 2. The van der Waals surface area contributed by atoms with Crippen molar-refractivity contribution in [3.63, 3.8) is 0 Å². The number of halogens is 6. The Morgan fingerprint density at radius 3 is 2.41 bits per heavy atom. The molecule has 0 unspecified atom stereocenters. The summed E-state index contributed by atoms with van der Waals surface area (Å²) in [5, 5.41) is 8.44. The minimum Gasteiger partial charge on any atom is -0.492 e. The van der Waals surface area contributed by atoms with Crippen molar-refractivity contribution in [3.8, 4) is 5.88 Å². The number of aromatic nitrogens is 2. The van der Waals surface area contributed by atoms with Gasteiger partial charge >= 0.3 is 6.18 Å². The molecule has 3 rings (SSSR count). The number of benzene rings is 1. The second-order valence-corrected chi connectivity index (χ2v) is 9.02. The van der Waals surface area contributed by atoms with E-state index in [-0.39, 0.29) is 10.6 Å². The van der Waals surface area contributed by atoms with E-state index < -0.39 is 59.7 Å². The highest BCUT2D eigenvalue weighted by Crippen LogP contribution is 2.36. The van der Waals surface area contributed by atoms with Crippen molar-refractivity contribution in [1.82, 2.24) is 9.97 Å². The van der Waals surface area contributed by atoms with E-state index in [1.165, 1.54) is 0 Å². The summed E-state index contributed by atoms with van der Waals surface area (Å²) in [6, 6.07) is 4.18. The number of carbonyl (C=O) groups excluding carboxylic acids is 1. The predicted molar refractivity (Wildman–Crippen MR) is 111 cm³/mol. The van der Waals surface area contributed by atoms with Crippen molar-refractivity contribution in [2.24, 2.45) is 0 Å². The molecule has 2 aromatic heterocycles. The van der Waals surface area contributed by atoms with Crippen LogP contribution in [-0.4, -0.2) is 29.3 Å². The monoisotopic (exact) mass is 525 g/mol. The zero-order chi connectivity index (χ0) is 23.8. The first-order valence-electron chi connectivity index (χ1n) is 8.24. The van der Waals surface area contributed by atoms with Gasteiger partial charge in [-0.15, -0.1) is 0 Å². The van der Waals surface area contributed by atoms with Crippen molar-refractivity contribution >= 4 is 56.3 Å². The standard InChI is InChI=1S/C18H9Cl3F3N3O4S/c19-8-5-13(15(26-7-8)16(28)10-3-4-25-17(29)14(10)21)27-32(30,31)9-1-2-12(20)11(6-9)18(22,23)24/h1-7,27H,(H,25,29). The fourth-order valence-electron chi connectivity index (χ4n) is 2.53. The van der Waals surface area contributed by atoms with Crippen LogP contribution in [0.4, 0.5) is 18.9 Å². The number of nitrogens with one attached hydrogen (secondary N) is 1. The quantitative estimate of drug-likeness (QED) is 0.443. The van der Waals surface area contributed by atoms with Crippen LogP contribution in [0.5, 0.6) is 5.88 Å². The van der Waals surface area contributed by atoms with Gasteiger partial charge in [0.1, 0.15) is 10.7 Å². The molecule has 14 heteroatoms. The lowest BCUT2D eigenvalue weighted by atomic mass is 10.1. The number of hydrogen-bond acceptors (Lipinski definition) is 6. The highest BCUT2D eigenvalue weighted by molar-refractivity contribution is 7.92. The summed E-state index contributed by atoms with van der Waals surface area (Å²) in [5.74, 6) is -1.55. The number of alkyl halides is 3. The van der Waals surface area contributed by atoms with Crippen LogP contribution < -0.4 is 4.72 Å². The zero-order valence-corrected chi connectivity index (χ0v) is 18.4. The van der Waals surface area contributed by atoms with Crippen LogP contribution in [-0.2, 0) is 16.2 Å². The lowest BCUT2D eigenvalue weighted by molar-refractivity contribution is -0.137. The zero-order valence-electron chi connectivity index (χ0n) is 15.3. The number of nitrogens with zero attached hydrogens (tertiary/aromatic N) is 2. The molecule has 2 N–H and O–H groups in total. The molecule has 0 radical (unpaired) electrons. The summed E-state index contributed by atoms with van der Waals surface area (Å²) in [5.41, 5.74) is -2.52. The van der Waals surface area contributed by atoms with Crippen LogP contribution in [0.25, 0.3) is 0 Å². The first kappa shape index (κ1) is 24.1. The molecule has 0 bridgehead atoms. The molecule has 0 saturated heterocycles. The number of anilines is 1. The van der Waals surface area contributed by atoms with Gasteiger partial charge in [0.05, 0.1) is 26.2 Å². The molecule has 7 nitrogen and oxygen atoms in total.